The number of carbonyl (C=O) groups excluding carboxylic acids is 17. The molecule has 3 heterocycles. The van der Waals surface area contributed by atoms with Gasteiger partial charge in [0, 0.05) is 45.4 Å². The van der Waals surface area contributed by atoms with Crippen LogP contribution >= 0.6 is 0 Å². The molecule has 0 aromatic carbocycles. The molecule has 0 saturated carbocycles. The van der Waals surface area contributed by atoms with E-state index in [1.54, 1.807) is 27.7 Å². The molecule has 16 atom stereocenters. The van der Waals surface area contributed by atoms with E-state index in [9.17, 15) is 101 Å². The summed E-state index contributed by atoms with van der Waals surface area (Å²) in [6, 6.07) is -21.3. The minimum Gasteiger partial charge on any atom is -0.481 e. The van der Waals surface area contributed by atoms with Crippen LogP contribution in [0.4, 0.5) is 0 Å². The molecule has 0 aromatic heterocycles. The van der Waals surface area contributed by atoms with Crippen LogP contribution in [0.1, 0.15) is 203 Å². The third kappa shape index (κ3) is 35.3. The van der Waals surface area contributed by atoms with Crippen molar-refractivity contribution < 1.29 is 101 Å². The minimum atomic E-state index is -1.55. The maximum absolute atomic E-state index is 14.8. The van der Waals surface area contributed by atoms with Crippen LogP contribution in [0.5, 0.6) is 0 Å². The van der Waals surface area contributed by atoms with E-state index in [1.165, 1.54) is 42.4 Å². The van der Waals surface area contributed by atoms with Gasteiger partial charge in [0.15, 0.2) is 5.96 Å². The summed E-state index contributed by atoms with van der Waals surface area (Å²) in [4.78, 5) is 261. The van der Waals surface area contributed by atoms with E-state index < -0.39 is 240 Å². The SMILES string of the molecule is CC(C)[C@H](NC(=O)[C@H](CCCCN)NC(=O)[C@H](CCCNC(=N)N)NC(=O)[C@@H]1CCCN1C(=O)[C@H](CCCCN)NC(=O)[C@H](C)NC(=O)[C@H](CCC(N)=O)NC(=O)[C@@H]1CCCN1C(=O)[C@@H](NC(=O)[C@@H]1CCCN1C(=O)[C@H](CCC(=O)O)NC(=O)[C@@H](N)CCCCN)C(C)C)C(=O)N[C@@H](C)C(=O)N[C@@H](C)C(=O)N[C@@H](C)C(=O)N[C@@H](CCC(N)=O)C(=O)O. The van der Waals surface area contributed by atoms with Crippen LogP contribution in [-0.2, 0) is 91.1 Å². The average molecular weight is 1720 g/mol. The molecule has 0 radical (unpaired) electrons. The number of nitrogens with zero attached hydrogens (tertiary/aromatic N) is 3. The Morgan fingerprint density at radius 3 is 1.12 bits per heavy atom. The van der Waals surface area contributed by atoms with Crippen LogP contribution in [-0.4, -0.2) is 286 Å². The van der Waals surface area contributed by atoms with Gasteiger partial charge in [-0.25, -0.2) is 4.79 Å². The second-order valence-electron chi connectivity index (χ2n) is 31.5. The number of nitrogens with two attached hydrogens (primary N) is 7. The molecule has 3 fully saturated rings. The van der Waals surface area contributed by atoms with Crippen molar-refractivity contribution in [2.24, 2.45) is 52.0 Å². The number of nitrogens with one attached hydrogen (secondary N) is 14. The number of primary amides is 2. The molecule has 0 spiro atoms. The predicted octanol–water partition coefficient (Wildman–Crippen LogP) is -7.37. The Kier molecular flexibility index (Phi) is 45.6. The molecule has 0 unspecified atom stereocenters. The number of amides is 17. The van der Waals surface area contributed by atoms with Gasteiger partial charge in [-0.2, -0.15) is 0 Å². The molecule has 3 aliphatic heterocycles. The van der Waals surface area contributed by atoms with Gasteiger partial charge in [-0.05, 0) is 181 Å². The number of hydrogen-bond donors (Lipinski definition) is 23. The van der Waals surface area contributed by atoms with Gasteiger partial charge in [-0.1, -0.05) is 34.1 Å². The summed E-state index contributed by atoms with van der Waals surface area (Å²) >= 11 is 0. The standard InChI is InChI=1S/C76H132N24O21/c1-39(2)58(71(116)89-42(6)61(106)86-41(5)60(105)87-43(7)63(108)95-51(75(120)121)27-30-56(82)102)96-67(112)46(20-10-13-33-78)90-66(111)47(22-15-35-85-76(83)84)91-68(113)52-23-16-36-98(52)72(117)49(21-11-14-34-79)93-62(107)44(8)88-65(110)48(26-29-55(81)101)92-69(114)53-24-18-38-100(53)74(119)59(40(3)4)97-70(115)54-25-17-37-99(54)73(118)50(28-31-57(103)104)94-64(109)45(80)19-9-12-32-77/h39-54,58-59H,9-38,77-80H2,1-8H3,(H2,81,101)(H2,82,102)(H,86,106)(H,87,105)(H,88,110)(H,89,116)(H,90,111)(H,91,113)(H,92,114)(H,93,107)(H,94,109)(H,95,108)(H,96,112)(H,97,115)(H,103,104)(H,120,121)(H4,83,84,85)/t41-,42-,43-,44-,45-,46-,47-,48-,49-,50-,51-,52-,53-,54-,58-,59-/m0/s1. The van der Waals surface area contributed by atoms with E-state index in [1.807, 2.05) is 0 Å². The second kappa shape index (κ2) is 53.0. The highest BCUT2D eigenvalue weighted by molar-refractivity contribution is 6.01. The molecule has 0 aromatic rings. The lowest BCUT2D eigenvalue weighted by Crippen LogP contribution is -2.61. The van der Waals surface area contributed by atoms with E-state index in [4.69, 9.17) is 45.5 Å². The maximum Gasteiger partial charge on any atom is 0.326 e. The molecule has 45 nitrogen and oxygen atoms in total. The Bertz CT molecular complexity index is 3610. The zero-order valence-electron chi connectivity index (χ0n) is 70.6. The fraction of sp³-hybridized carbons (Fsp3) is 0.737. The lowest BCUT2D eigenvalue weighted by atomic mass is 10.0. The number of guanidine groups is 1. The van der Waals surface area contributed by atoms with Gasteiger partial charge in [-0.15, -0.1) is 0 Å². The summed E-state index contributed by atoms with van der Waals surface area (Å²) < 4.78 is 0. The fourth-order valence-electron chi connectivity index (χ4n) is 13.9. The summed E-state index contributed by atoms with van der Waals surface area (Å²) in [5.41, 5.74) is 39.5. The first kappa shape index (κ1) is 104. The highest BCUT2D eigenvalue weighted by atomic mass is 16.4. The number of likely N-dealkylation sites (tertiary alicyclic amines) is 3. The number of aliphatic carboxylic acids is 2. The number of rotatable bonds is 55. The van der Waals surface area contributed by atoms with Crippen LogP contribution in [0.25, 0.3) is 0 Å². The number of hydrogen-bond acceptors (Lipinski definition) is 24. The Morgan fingerprint density at radius 2 is 0.686 bits per heavy atom. The van der Waals surface area contributed by atoms with Crippen molar-refractivity contribution in [1.29, 1.82) is 5.41 Å². The summed E-state index contributed by atoms with van der Waals surface area (Å²) in [7, 11) is 0. The third-order valence-corrected chi connectivity index (χ3v) is 20.9. The lowest BCUT2D eigenvalue weighted by Gasteiger charge is -2.33. The maximum atomic E-state index is 14.8. The first-order chi connectivity index (χ1) is 57.0. The van der Waals surface area contributed by atoms with Crippen molar-refractivity contribution in [1.82, 2.24) is 83.8 Å². The topological polar surface area (TPSA) is 737 Å². The van der Waals surface area contributed by atoms with Crippen LogP contribution in [0.15, 0.2) is 0 Å². The van der Waals surface area contributed by atoms with E-state index >= 15 is 0 Å². The molecule has 0 bridgehead atoms. The summed E-state index contributed by atoms with van der Waals surface area (Å²) in [5.74, 6) is -18.3. The second-order valence-corrected chi connectivity index (χ2v) is 31.5. The van der Waals surface area contributed by atoms with Crippen molar-refractivity contribution >= 4 is 118 Å². The molecular weight excluding hydrogens is 1580 g/mol. The van der Waals surface area contributed by atoms with Gasteiger partial charge in [0.1, 0.15) is 90.6 Å². The number of carboxylic acid groups (broad SMARTS) is 2. The largest absolute Gasteiger partial charge is 0.481 e. The molecule has 3 rings (SSSR count). The summed E-state index contributed by atoms with van der Waals surface area (Å²) in [6.07, 6.45) is 1.54. The Hall–Kier alpha value is -11.0. The first-order valence-corrected chi connectivity index (χ1v) is 41.5. The highest BCUT2D eigenvalue weighted by Gasteiger charge is 2.45. The fourth-order valence-corrected chi connectivity index (χ4v) is 13.9. The van der Waals surface area contributed by atoms with Crippen molar-refractivity contribution in [3.63, 3.8) is 0 Å². The quantitative estimate of drug-likeness (QED) is 0.0153. The third-order valence-electron chi connectivity index (χ3n) is 20.9. The van der Waals surface area contributed by atoms with E-state index in [2.05, 4.69) is 69.1 Å². The average Bonchev–Trinajstić information content (AvgIpc) is 1.77. The first-order valence-electron chi connectivity index (χ1n) is 41.5. The van der Waals surface area contributed by atoms with Crippen LogP contribution in [0.2, 0.25) is 0 Å². The van der Waals surface area contributed by atoms with Gasteiger partial charge in [0.2, 0.25) is 100 Å². The highest BCUT2D eigenvalue weighted by Crippen LogP contribution is 2.26. The molecule has 30 N–H and O–H groups in total. The monoisotopic (exact) mass is 1720 g/mol. The Morgan fingerprint density at radius 1 is 0.355 bits per heavy atom. The molecule has 3 aliphatic rings. The summed E-state index contributed by atoms with van der Waals surface area (Å²) in [6.45, 7) is 12.4. The number of carbonyl (C=O) groups is 19. The van der Waals surface area contributed by atoms with Gasteiger partial charge < -0.3 is 134 Å². The zero-order valence-corrected chi connectivity index (χ0v) is 70.6. The van der Waals surface area contributed by atoms with Crippen LogP contribution in [0, 0.1) is 17.2 Å². The Labute approximate surface area is 703 Å². The molecule has 0 aliphatic carbocycles. The van der Waals surface area contributed by atoms with Gasteiger partial charge in [-0.3, -0.25) is 91.7 Å². The van der Waals surface area contributed by atoms with Gasteiger partial charge in [0.05, 0.1) is 6.04 Å². The molecule has 682 valence electrons. The summed E-state index contributed by atoms with van der Waals surface area (Å²) in [5, 5.41) is 59.9. The zero-order chi connectivity index (χ0) is 91.1. The van der Waals surface area contributed by atoms with Crippen molar-refractivity contribution in [2.75, 3.05) is 45.8 Å². The molecule has 45 heteroatoms. The molecule has 17 amide bonds. The van der Waals surface area contributed by atoms with Crippen molar-refractivity contribution in [3.05, 3.63) is 0 Å². The van der Waals surface area contributed by atoms with Crippen LogP contribution in [0.3, 0.4) is 0 Å². The smallest absolute Gasteiger partial charge is 0.326 e. The Balaban J connectivity index is 1.81. The van der Waals surface area contributed by atoms with Crippen LogP contribution < -0.4 is 109 Å². The van der Waals surface area contributed by atoms with Gasteiger partial charge in [0.25, 0.3) is 0 Å². The predicted molar refractivity (Wildman–Crippen MR) is 437 cm³/mol. The van der Waals surface area contributed by atoms with E-state index in [-0.39, 0.29) is 136 Å². The molecule has 3 saturated heterocycles. The van der Waals surface area contributed by atoms with Crippen molar-refractivity contribution in [2.45, 2.75) is 300 Å². The molecular formula is C76H132N24O21. The minimum absolute atomic E-state index is 0.00197. The van der Waals surface area contributed by atoms with Gasteiger partial charge >= 0.3 is 11.9 Å². The number of carboxylic acids is 2. The normalized spacial score (nSPS) is 18.2. The lowest BCUT2D eigenvalue weighted by molar-refractivity contribution is -0.145. The van der Waals surface area contributed by atoms with Crippen molar-refractivity contribution in [3.8, 4) is 0 Å². The number of unbranched alkanes of at least 4 members (excludes halogenated alkanes) is 3. The molecule has 121 heavy (non-hydrogen) atoms. The van der Waals surface area contributed by atoms with E-state index in [0.717, 1.165) is 0 Å². The van der Waals surface area contributed by atoms with E-state index in [0.29, 0.717) is 45.1 Å².